The molecule has 30 heavy (non-hydrogen) atoms. The molecule has 1 aromatic rings. The van der Waals surface area contributed by atoms with E-state index in [4.69, 9.17) is 5.73 Å². The van der Waals surface area contributed by atoms with Crippen molar-refractivity contribution >= 4 is 70.1 Å². The number of halogens is 1. The van der Waals surface area contributed by atoms with Gasteiger partial charge in [0.1, 0.15) is 22.8 Å². The Morgan fingerprint density at radius 2 is 2.20 bits per heavy atom. The van der Waals surface area contributed by atoms with Crippen molar-refractivity contribution in [3.63, 3.8) is 0 Å². The second kappa shape index (κ2) is 9.28. The molecule has 160 valence electrons. The van der Waals surface area contributed by atoms with Crippen LogP contribution >= 0.6 is 35.5 Å². The lowest BCUT2D eigenvalue weighted by Gasteiger charge is -2.49. The molecule has 0 bridgehead atoms. The van der Waals surface area contributed by atoms with E-state index >= 15 is 0 Å². The number of nitrogens with two attached hydrogens (primary N) is 1. The number of thioether (sulfide) groups is 1. The molecule has 0 aromatic carbocycles. The van der Waals surface area contributed by atoms with Crippen molar-refractivity contribution in [1.29, 1.82) is 0 Å². The lowest BCUT2D eigenvalue weighted by molar-refractivity contribution is -0.150. The smallest absolute Gasteiger partial charge is 0.352 e. The van der Waals surface area contributed by atoms with E-state index in [-0.39, 0.29) is 34.6 Å². The monoisotopic (exact) mass is 473 g/mol. The molecule has 2 aliphatic rings. The quantitative estimate of drug-likeness (QED) is 0.228. The molecule has 1 aromatic heterocycles. The van der Waals surface area contributed by atoms with Crippen LogP contribution in [0.2, 0.25) is 0 Å². The molecule has 1 unspecified atom stereocenters. The highest BCUT2D eigenvalue weighted by Gasteiger charge is 2.54. The number of fused-ring (bicyclic) bond motifs is 1. The van der Waals surface area contributed by atoms with E-state index in [1.165, 1.54) is 23.2 Å². The molecule has 3 rings (SSSR count). The van der Waals surface area contributed by atoms with Gasteiger partial charge >= 0.3 is 11.9 Å². The fourth-order valence-electron chi connectivity index (χ4n) is 2.72. The first kappa shape index (κ1) is 23.4. The molecule has 14 heteroatoms. The summed E-state index contributed by atoms with van der Waals surface area (Å²) < 4.78 is 0. The highest BCUT2D eigenvalue weighted by molar-refractivity contribution is 8.00. The molecule has 1 saturated heterocycles. The van der Waals surface area contributed by atoms with Gasteiger partial charge in [-0.2, -0.15) is 0 Å². The SMILES string of the molecule is C=CC1=C(C(=O)O)N2C(=O)C(NC(=O)C(=NOC(C)=O)c3csc(N)n3)[C@@H]2SC1.Cl. The minimum atomic E-state index is -1.25. The van der Waals surface area contributed by atoms with Gasteiger partial charge in [0.15, 0.2) is 10.8 Å². The molecule has 0 aliphatic carbocycles. The minimum absolute atomic E-state index is 0. The van der Waals surface area contributed by atoms with Crippen LogP contribution in [0.15, 0.2) is 34.5 Å². The number of nitrogen functional groups attached to an aromatic ring is 1. The number of hydrogen-bond donors (Lipinski definition) is 3. The molecule has 4 N–H and O–H groups in total. The number of nitrogens with zero attached hydrogens (tertiary/aromatic N) is 3. The number of allylic oxidation sites excluding steroid dienone is 1. The van der Waals surface area contributed by atoms with Gasteiger partial charge in [-0.1, -0.05) is 17.8 Å². The maximum atomic E-state index is 12.7. The summed E-state index contributed by atoms with van der Waals surface area (Å²) in [5.41, 5.74) is 5.58. The maximum absolute atomic E-state index is 12.7. The van der Waals surface area contributed by atoms with Crippen molar-refractivity contribution in [1.82, 2.24) is 15.2 Å². The number of nitrogens with one attached hydrogen (secondary N) is 1. The zero-order valence-corrected chi connectivity index (χ0v) is 17.8. The van der Waals surface area contributed by atoms with Crippen molar-refractivity contribution in [3.8, 4) is 0 Å². The van der Waals surface area contributed by atoms with Crippen LogP contribution in [-0.2, 0) is 24.0 Å². The van der Waals surface area contributed by atoms with Gasteiger partial charge in [0, 0.05) is 18.1 Å². The van der Waals surface area contributed by atoms with E-state index in [1.807, 2.05) is 0 Å². The molecule has 3 heterocycles. The van der Waals surface area contributed by atoms with Crippen molar-refractivity contribution in [2.24, 2.45) is 5.16 Å². The first-order valence-electron chi connectivity index (χ1n) is 8.06. The van der Waals surface area contributed by atoms with Crippen LogP contribution in [0, 0.1) is 0 Å². The van der Waals surface area contributed by atoms with Crippen LogP contribution in [0.5, 0.6) is 0 Å². The predicted molar refractivity (Wildman–Crippen MR) is 112 cm³/mol. The van der Waals surface area contributed by atoms with Gasteiger partial charge in [-0.15, -0.1) is 35.5 Å². The van der Waals surface area contributed by atoms with Crippen molar-refractivity contribution < 1.29 is 29.1 Å². The Morgan fingerprint density at radius 1 is 1.50 bits per heavy atom. The minimum Gasteiger partial charge on any atom is -0.477 e. The van der Waals surface area contributed by atoms with Gasteiger partial charge < -0.3 is 21.0 Å². The van der Waals surface area contributed by atoms with E-state index in [0.717, 1.165) is 23.2 Å². The van der Waals surface area contributed by atoms with E-state index in [2.05, 4.69) is 26.9 Å². The molecule has 1 fully saturated rings. The van der Waals surface area contributed by atoms with E-state index in [0.29, 0.717) is 11.3 Å². The summed E-state index contributed by atoms with van der Waals surface area (Å²) in [5.74, 6) is -3.08. The van der Waals surface area contributed by atoms with Crippen LogP contribution in [0.1, 0.15) is 12.6 Å². The summed E-state index contributed by atoms with van der Waals surface area (Å²) in [7, 11) is 0. The number of aromatic nitrogens is 1. The first-order chi connectivity index (χ1) is 13.7. The van der Waals surface area contributed by atoms with Crippen LogP contribution in [0.4, 0.5) is 5.13 Å². The van der Waals surface area contributed by atoms with Gasteiger partial charge in [-0.05, 0) is 5.57 Å². The van der Waals surface area contributed by atoms with Gasteiger partial charge in [0.25, 0.3) is 11.8 Å². The average molecular weight is 474 g/mol. The summed E-state index contributed by atoms with van der Waals surface area (Å²) in [4.78, 5) is 57.4. The Morgan fingerprint density at radius 3 is 2.73 bits per heavy atom. The number of carbonyl (C=O) groups is 4. The van der Waals surface area contributed by atoms with Gasteiger partial charge in [0.05, 0.1) is 0 Å². The third-order valence-corrected chi connectivity index (χ3v) is 5.95. The molecule has 2 amide bonds. The van der Waals surface area contributed by atoms with E-state index in [1.54, 1.807) is 0 Å². The number of hydrogen-bond acceptors (Lipinski definition) is 10. The number of anilines is 1. The summed E-state index contributed by atoms with van der Waals surface area (Å²) in [5, 5.41) is 16.5. The van der Waals surface area contributed by atoms with Crippen molar-refractivity contribution in [3.05, 3.63) is 35.0 Å². The zero-order valence-electron chi connectivity index (χ0n) is 15.4. The molecule has 2 atom stereocenters. The highest BCUT2D eigenvalue weighted by atomic mass is 35.5. The summed E-state index contributed by atoms with van der Waals surface area (Å²) in [6.07, 6.45) is 1.39. The van der Waals surface area contributed by atoms with Crippen molar-refractivity contribution in [2.75, 3.05) is 11.5 Å². The van der Waals surface area contributed by atoms with Crippen LogP contribution in [0.25, 0.3) is 0 Å². The number of amides is 2. The lowest BCUT2D eigenvalue weighted by atomic mass is 10.0. The third kappa shape index (κ3) is 4.32. The van der Waals surface area contributed by atoms with Crippen LogP contribution in [-0.4, -0.2) is 61.6 Å². The largest absolute Gasteiger partial charge is 0.477 e. The summed E-state index contributed by atoms with van der Waals surface area (Å²) >= 11 is 2.34. The van der Waals surface area contributed by atoms with E-state index in [9.17, 15) is 24.3 Å². The lowest BCUT2D eigenvalue weighted by Crippen LogP contribution is -2.71. The number of carboxylic acid groups (broad SMARTS) is 1. The average Bonchev–Trinajstić information content (AvgIpc) is 3.10. The number of carboxylic acids is 1. The normalized spacial score (nSPS) is 20.5. The predicted octanol–water partition coefficient (Wildman–Crippen LogP) is 0.339. The van der Waals surface area contributed by atoms with Crippen molar-refractivity contribution in [2.45, 2.75) is 18.3 Å². The van der Waals surface area contributed by atoms with Gasteiger partial charge in [-0.25, -0.2) is 14.6 Å². The number of carbonyl (C=O) groups excluding carboxylic acids is 3. The number of β-lactam (4-membered cyclic amide) rings is 1. The number of rotatable bonds is 6. The summed E-state index contributed by atoms with van der Waals surface area (Å²) in [6.45, 7) is 4.68. The number of oxime groups is 1. The molecular formula is C16H16ClN5O6S2. The highest BCUT2D eigenvalue weighted by Crippen LogP contribution is 2.40. The second-order valence-corrected chi connectivity index (χ2v) is 7.83. The Bertz CT molecular complexity index is 991. The van der Waals surface area contributed by atoms with Gasteiger partial charge in [0.2, 0.25) is 0 Å². The second-order valence-electron chi connectivity index (χ2n) is 5.84. The molecule has 2 aliphatic heterocycles. The van der Waals surface area contributed by atoms with Gasteiger partial charge in [-0.3, -0.25) is 14.5 Å². The van der Waals surface area contributed by atoms with Crippen LogP contribution in [0.3, 0.4) is 0 Å². The Balaban J connectivity index is 0.00000320. The first-order valence-corrected chi connectivity index (χ1v) is 9.98. The Hall–Kier alpha value is -2.90. The molecular weight excluding hydrogens is 458 g/mol. The molecule has 11 nitrogen and oxygen atoms in total. The Kier molecular flexibility index (Phi) is 7.23. The number of thiazole rings is 1. The Labute approximate surface area is 184 Å². The fourth-order valence-corrected chi connectivity index (χ4v) is 4.61. The standard InChI is InChI=1S/C16H15N5O6S2.ClH/c1-3-7-4-28-14-10(13(24)21(14)11(7)15(25)26)19-12(23)9(20-27-6(2)22)8-5-29-16(17)18-8;/h3,5,10,14H,1,4H2,2H3,(H2,17,18)(H,19,23)(H,25,26);1H/t10?,14-;/m0./s1. The van der Waals surface area contributed by atoms with E-state index < -0.39 is 35.2 Å². The molecule has 0 saturated carbocycles. The summed E-state index contributed by atoms with van der Waals surface area (Å²) in [6, 6.07) is -0.980. The fraction of sp³-hybridized carbons (Fsp3) is 0.250. The molecule has 0 spiro atoms. The maximum Gasteiger partial charge on any atom is 0.352 e. The molecule has 0 radical (unpaired) electrons. The number of aliphatic carboxylic acids is 1. The zero-order chi connectivity index (χ0) is 21.3. The van der Waals surface area contributed by atoms with Crippen LogP contribution < -0.4 is 11.1 Å². The third-order valence-electron chi connectivity index (χ3n) is 3.98. The topological polar surface area (TPSA) is 164 Å².